The van der Waals surface area contributed by atoms with Gasteiger partial charge in [-0.05, 0) is 38.1 Å². The third-order valence-corrected chi connectivity index (χ3v) is 6.00. The van der Waals surface area contributed by atoms with Gasteiger partial charge in [0.2, 0.25) is 5.91 Å². The number of likely N-dealkylation sites (tertiary alicyclic amines) is 1. The zero-order chi connectivity index (χ0) is 19.7. The van der Waals surface area contributed by atoms with Crippen LogP contribution in [0.4, 0.5) is 0 Å². The average Bonchev–Trinajstić information content (AvgIpc) is 3.34. The van der Waals surface area contributed by atoms with E-state index in [2.05, 4.69) is 15.1 Å². The standard InChI is InChI=1S/C20H22N4O3S/c1-12-16(13(2)27-23-12)9-19(26)24-6-3-14(4-7-24)20-21-17(10-18(25)22-20)15-5-8-28-11-15/h5,8,10-11,14H,3-4,6-7,9H2,1-2H3,(H,21,22,25). The van der Waals surface area contributed by atoms with E-state index in [1.165, 1.54) is 6.07 Å². The Morgan fingerprint density at radius 1 is 1.36 bits per heavy atom. The second-order valence-electron chi connectivity index (χ2n) is 7.16. The summed E-state index contributed by atoms with van der Waals surface area (Å²) in [4.78, 5) is 34.2. The number of hydrogen-bond donors (Lipinski definition) is 1. The molecule has 0 atom stereocenters. The van der Waals surface area contributed by atoms with Crippen molar-refractivity contribution in [1.82, 2.24) is 20.0 Å². The van der Waals surface area contributed by atoms with Crippen LogP contribution in [-0.4, -0.2) is 39.0 Å². The number of nitrogens with one attached hydrogen (secondary N) is 1. The Morgan fingerprint density at radius 3 is 2.79 bits per heavy atom. The number of thiophene rings is 1. The van der Waals surface area contributed by atoms with E-state index in [0.29, 0.717) is 36.8 Å². The van der Waals surface area contributed by atoms with E-state index >= 15 is 0 Å². The fourth-order valence-corrected chi connectivity index (χ4v) is 4.30. The lowest BCUT2D eigenvalue weighted by Crippen LogP contribution is -2.39. The maximum atomic E-state index is 12.7. The summed E-state index contributed by atoms with van der Waals surface area (Å²) in [6.07, 6.45) is 1.88. The summed E-state index contributed by atoms with van der Waals surface area (Å²) in [5, 5.41) is 7.88. The van der Waals surface area contributed by atoms with Crippen molar-refractivity contribution in [3.63, 3.8) is 0 Å². The molecule has 0 aliphatic carbocycles. The first-order valence-corrected chi connectivity index (χ1v) is 10.3. The summed E-state index contributed by atoms with van der Waals surface area (Å²) >= 11 is 1.58. The molecule has 4 heterocycles. The third-order valence-electron chi connectivity index (χ3n) is 5.32. The lowest BCUT2D eigenvalue weighted by molar-refractivity contribution is -0.131. The quantitative estimate of drug-likeness (QED) is 0.729. The molecule has 0 bridgehead atoms. The number of carbonyl (C=O) groups excluding carboxylic acids is 1. The first kappa shape index (κ1) is 18.6. The van der Waals surface area contributed by atoms with Crippen LogP contribution in [0.3, 0.4) is 0 Å². The summed E-state index contributed by atoms with van der Waals surface area (Å²) in [5.74, 6) is 1.65. The number of aromatic nitrogens is 3. The van der Waals surface area contributed by atoms with Crippen molar-refractivity contribution in [2.45, 2.75) is 39.0 Å². The zero-order valence-corrected chi connectivity index (χ0v) is 16.7. The van der Waals surface area contributed by atoms with Crippen LogP contribution >= 0.6 is 11.3 Å². The minimum absolute atomic E-state index is 0.0846. The first-order chi connectivity index (χ1) is 13.5. The molecule has 146 valence electrons. The van der Waals surface area contributed by atoms with E-state index in [9.17, 15) is 9.59 Å². The molecule has 7 nitrogen and oxygen atoms in total. The molecule has 1 saturated heterocycles. The summed E-state index contributed by atoms with van der Waals surface area (Å²) < 4.78 is 5.15. The number of amides is 1. The summed E-state index contributed by atoms with van der Waals surface area (Å²) in [6.45, 7) is 4.99. The van der Waals surface area contributed by atoms with Gasteiger partial charge in [0.05, 0.1) is 17.8 Å². The first-order valence-electron chi connectivity index (χ1n) is 9.34. The number of piperidine rings is 1. The predicted molar refractivity (Wildman–Crippen MR) is 106 cm³/mol. The SMILES string of the molecule is Cc1noc(C)c1CC(=O)N1CCC(c2nc(-c3ccsc3)cc(=O)[nH]2)CC1. The van der Waals surface area contributed by atoms with Crippen LogP contribution in [0, 0.1) is 13.8 Å². The number of H-pyrrole nitrogens is 1. The number of aromatic amines is 1. The molecule has 1 fully saturated rings. The molecule has 1 N–H and O–H groups in total. The molecule has 0 aromatic carbocycles. The van der Waals surface area contributed by atoms with Crippen LogP contribution in [0.5, 0.6) is 0 Å². The second-order valence-corrected chi connectivity index (χ2v) is 7.94. The Labute approximate surface area is 166 Å². The van der Waals surface area contributed by atoms with E-state index < -0.39 is 0 Å². The fourth-order valence-electron chi connectivity index (χ4n) is 3.65. The van der Waals surface area contributed by atoms with E-state index in [1.54, 1.807) is 11.3 Å². The van der Waals surface area contributed by atoms with Gasteiger partial charge in [0.25, 0.3) is 5.56 Å². The van der Waals surface area contributed by atoms with Gasteiger partial charge in [0.15, 0.2) is 0 Å². The Kier molecular flexibility index (Phi) is 5.13. The molecular formula is C20H22N4O3S. The van der Waals surface area contributed by atoms with E-state index in [1.807, 2.05) is 35.6 Å². The highest BCUT2D eigenvalue weighted by Crippen LogP contribution is 2.27. The largest absolute Gasteiger partial charge is 0.361 e. The number of aryl methyl sites for hydroxylation is 2. The Bertz CT molecular complexity index is 1010. The van der Waals surface area contributed by atoms with Crippen molar-refractivity contribution in [2.75, 3.05) is 13.1 Å². The van der Waals surface area contributed by atoms with Crippen molar-refractivity contribution in [3.05, 3.63) is 56.1 Å². The maximum absolute atomic E-state index is 12.7. The smallest absolute Gasteiger partial charge is 0.251 e. The molecular weight excluding hydrogens is 376 g/mol. The fraction of sp³-hybridized carbons (Fsp3) is 0.400. The summed E-state index contributed by atoms with van der Waals surface area (Å²) in [6, 6.07) is 3.50. The minimum atomic E-state index is -0.136. The number of rotatable bonds is 4. The molecule has 8 heteroatoms. The third kappa shape index (κ3) is 3.77. The minimum Gasteiger partial charge on any atom is -0.361 e. The predicted octanol–water partition coefficient (Wildman–Crippen LogP) is 3.05. The summed E-state index contributed by atoms with van der Waals surface area (Å²) in [5.41, 5.74) is 3.18. The van der Waals surface area contributed by atoms with Gasteiger partial charge in [-0.15, -0.1) is 0 Å². The topological polar surface area (TPSA) is 92.1 Å². The highest BCUT2D eigenvalue weighted by Gasteiger charge is 2.26. The van der Waals surface area contributed by atoms with Crippen LogP contribution in [0.15, 0.2) is 32.2 Å². The van der Waals surface area contributed by atoms with Crippen molar-refractivity contribution >= 4 is 17.2 Å². The lowest BCUT2D eigenvalue weighted by Gasteiger charge is -2.31. The van der Waals surface area contributed by atoms with Gasteiger partial charge < -0.3 is 14.4 Å². The molecule has 0 spiro atoms. The van der Waals surface area contributed by atoms with Gasteiger partial charge in [-0.2, -0.15) is 11.3 Å². The highest BCUT2D eigenvalue weighted by atomic mass is 32.1. The molecule has 3 aromatic heterocycles. The number of nitrogens with zero attached hydrogens (tertiary/aromatic N) is 3. The molecule has 3 aromatic rings. The molecule has 0 radical (unpaired) electrons. The Balaban J connectivity index is 1.43. The summed E-state index contributed by atoms with van der Waals surface area (Å²) in [7, 11) is 0. The van der Waals surface area contributed by atoms with Gasteiger partial charge in [-0.1, -0.05) is 5.16 Å². The number of carbonyl (C=O) groups is 1. The zero-order valence-electron chi connectivity index (χ0n) is 15.9. The van der Waals surface area contributed by atoms with E-state index in [0.717, 1.165) is 29.7 Å². The molecule has 0 saturated carbocycles. The van der Waals surface area contributed by atoms with Crippen molar-refractivity contribution in [3.8, 4) is 11.3 Å². The monoisotopic (exact) mass is 398 g/mol. The molecule has 28 heavy (non-hydrogen) atoms. The Hall–Kier alpha value is -2.74. The molecule has 1 aliphatic rings. The lowest BCUT2D eigenvalue weighted by atomic mass is 9.95. The van der Waals surface area contributed by atoms with E-state index in [-0.39, 0.29) is 17.4 Å². The van der Waals surface area contributed by atoms with Crippen molar-refractivity contribution in [1.29, 1.82) is 0 Å². The van der Waals surface area contributed by atoms with Crippen molar-refractivity contribution in [2.24, 2.45) is 0 Å². The van der Waals surface area contributed by atoms with Crippen molar-refractivity contribution < 1.29 is 9.32 Å². The van der Waals surface area contributed by atoms with Crippen LogP contribution in [0.1, 0.15) is 41.6 Å². The molecule has 1 aliphatic heterocycles. The van der Waals surface area contributed by atoms with Crippen LogP contribution in [-0.2, 0) is 11.2 Å². The van der Waals surface area contributed by atoms with Gasteiger partial charge in [0.1, 0.15) is 11.6 Å². The highest BCUT2D eigenvalue weighted by molar-refractivity contribution is 7.08. The molecule has 4 rings (SSSR count). The van der Waals surface area contributed by atoms with Gasteiger partial charge >= 0.3 is 0 Å². The van der Waals surface area contributed by atoms with E-state index in [4.69, 9.17) is 4.52 Å². The van der Waals surface area contributed by atoms with Crippen LogP contribution in [0.25, 0.3) is 11.3 Å². The van der Waals surface area contributed by atoms with Gasteiger partial charge in [-0.25, -0.2) is 4.98 Å². The molecule has 1 amide bonds. The Morgan fingerprint density at radius 2 is 2.14 bits per heavy atom. The van der Waals surface area contributed by atoms with Crippen LogP contribution < -0.4 is 5.56 Å². The normalized spacial score (nSPS) is 15.1. The maximum Gasteiger partial charge on any atom is 0.251 e. The number of hydrogen-bond acceptors (Lipinski definition) is 6. The second kappa shape index (κ2) is 7.71. The van der Waals surface area contributed by atoms with Gasteiger partial charge in [0, 0.05) is 41.6 Å². The van der Waals surface area contributed by atoms with Crippen LogP contribution in [0.2, 0.25) is 0 Å². The molecule has 0 unspecified atom stereocenters. The van der Waals surface area contributed by atoms with Gasteiger partial charge in [-0.3, -0.25) is 9.59 Å². The average molecular weight is 398 g/mol.